The van der Waals surface area contributed by atoms with Crippen molar-refractivity contribution in [3.63, 3.8) is 0 Å². The molecule has 4 rings (SSSR count). The van der Waals surface area contributed by atoms with Crippen LogP contribution in [0.4, 0.5) is 0 Å². The summed E-state index contributed by atoms with van der Waals surface area (Å²) < 4.78 is 6.05. The van der Waals surface area contributed by atoms with Crippen LogP contribution in [-0.4, -0.2) is 24.0 Å². The van der Waals surface area contributed by atoms with Gasteiger partial charge in [0.25, 0.3) is 5.91 Å². The van der Waals surface area contributed by atoms with E-state index in [0.717, 1.165) is 11.1 Å². The van der Waals surface area contributed by atoms with Gasteiger partial charge in [0.1, 0.15) is 0 Å². The van der Waals surface area contributed by atoms with E-state index in [1.807, 2.05) is 24.3 Å². The van der Waals surface area contributed by atoms with Crippen LogP contribution in [0.5, 0.6) is 0 Å². The zero-order valence-corrected chi connectivity index (χ0v) is 12.5. The molecule has 0 spiro atoms. The van der Waals surface area contributed by atoms with E-state index in [9.17, 15) is 4.79 Å². The fourth-order valence-corrected chi connectivity index (χ4v) is 3.77. The van der Waals surface area contributed by atoms with Crippen molar-refractivity contribution in [2.75, 3.05) is 13.2 Å². The molecular formula is C16H11Cl2NO2. The lowest BCUT2D eigenvalue weighted by Gasteiger charge is -2.32. The van der Waals surface area contributed by atoms with Gasteiger partial charge in [-0.05, 0) is 24.3 Å². The predicted octanol–water partition coefficient (Wildman–Crippen LogP) is 3.68. The van der Waals surface area contributed by atoms with Crippen LogP contribution in [0.1, 0.15) is 21.5 Å². The molecule has 1 atom stereocenters. The molecule has 0 radical (unpaired) electrons. The van der Waals surface area contributed by atoms with Crippen LogP contribution in [0.25, 0.3) is 0 Å². The molecule has 1 unspecified atom stereocenters. The Hall–Kier alpha value is -1.55. The van der Waals surface area contributed by atoms with Crippen molar-refractivity contribution < 1.29 is 9.53 Å². The van der Waals surface area contributed by atoms with Crippen molar-refractivity contribution in [2.45, 2.75) is 5.72 Å². The van der Waals surface area contributed by atoms with E-state index in [4.69, 9.17) is 27.9 Å². The van der Waals surface area contributed by atoms with Crippen molar-refractivity contribution in [2.24, 2.45) is 0 Å². The molecule has 5 heteroatoms. The minimum atomic E-state index is -0.901. The molecule has 106 valence electrons. The van der Waals surface area contributed by atoms with Gasteiger partial charge in [-0.1, -0.05) is 41.4 Å². The summed E-state index contributed by atoms with van der Waals surface area (Å²) in [6, 6.07) is 12.8. The summed E-state index contributed by atoms with van der Waals surface area (Å²) >= 11 is 12.3. The highest BCUT2D eigenvalue weighted by Gasteiger charge is 2.55. The lowest BCUT2D eigenvalue weighted by atomic mass is 9.94. The van der Waals surface area contributed by atoms with Crippen LogP contribution in [0.15, 0.2) is 42.5 Å². The van der Waals surface area contributed by atoms with Crippen LogP contribution >= 0.6 is 23.2 Å². The van der Waals surface area contributed by atoms with Gasteiger partial charge in [-0.3, -0.25) is 9.69 Å². The van der Waals surface area contributed by atoms with Gasteiger partial charge in [0.15, 0.2) is 5.72 Å². The van der Waals surface area contributed by atoms with Gasteiger partial charge in [0.2, 0.25) is 0 Å². The number of nitrogens with zero attached hydrogens (tertiary/aromatic N) is 1. The summed E-state index contributed by atoms with van der Waals surface area (Å²) in [5.74, 6) is -0.0146. The highest BCUT2D eigenvalue weighted by atomic mass is 35.5. The lowest BCUT2D eigenvalue weighted by Crippen LogP contribution is -2.40. The summed E-state index contributed by atoms with van der Waals surface area (Å²) in [6.45, 7) is 1.04. The summed E-state index contributed by atoms with van der Waals surface area (Å²) in [4.78, 5) is 14.4. The fourth-order valence-electron chi connectivity index (χ4n) is 3.24. The maximum atomic E-state index is 12.6. The number of amides is 1. The van der Waals surface area contributed by atoms with E-state index >= 15 is 0 Å². The maximum Gasteiger partial charge on any atom is 0.257 e. The zero-order chi connectivity index (χ0) is 14.6. The van der Waals surface area contributed by atoms with Crippen LogP contribution in [-0.2, 0) is 10.5 Å². The van der Waals surface area contributed by atoms with Crippen molar-refractivity contribution in [3.05, 3.63) is 69.2 Å². The SMILES string of the molecule is O=C1c2ccccc2C2(c3cc(Cl)cc(Cl)c3)OCCN12. The van der Waals surface area contributed by atoms with E-state index in [1.165, 1.54) is 0 Å². The second-order valence-corrected chi connectivity index (χ2v) is 6.03. The molecule has 0 N–H and O–H groups in total. The topological polar surface area (TPSA) is 29.5 Å². The molecule has 0 bridgehead atoms. The highest BCUT2D eigenvalue weighted by Crippen LogP contribution is 2.48. The standard InChI is InChI=1S/C16H11Cl2NO2/c17-11-7-10(8-12(18)9-11)16-14-4-2-1-3-13(14)15(20)19(16)5-6-21-16/h1-4,7-9H,5-6H2. The highest BCUT2D eigenvalue weighted by molar-refractivity contribution is 6.34. The molecule has 0 aromatic heterocycles. The molecule has 2 aromatic carbocycles. The van der Waals surface area contributed by atoms with E-state index < -0.39 is 5.72 Å². The first kappa shape index (κ1) is 13.1. The molecule has 3 nitrogen and oxygen atoms in total. The molecule has 21 heavy (non-hydrogen) atoms. The Balaban J connectivity index is 2.02. The van der Waals surface area contributed by atoms with Gasteiger partial charge < -0.3 is 4.74 Å². The number of fused-ring (bicyclic) bond motifs is 3. The molecular weight excluding hydrogens is 309 g/mol. The van der Waals surface area contributed by atoms with Crippen LogP contribution in [0.2, 0.25) is 10.0 Å². The number of rotatable bonds is 1. The molecule has 2 aromatic rings. The number of ether oxygens (including phenoxy) is 1. The van der Waals surface area contributed by atoms with Gasteiger partial charge in [0, 0.05) is 33.3 Å². The Morgan fingerprint density at radius 1 is 1.10 bits per heavy atom. The number of hydrogen-bond donors (Lipinski definition) is 0. The Kier molecular flexibility index (Phi) is 2.80. The van der Waals surface area contributed by atoms with E-state index in [-0.39, 0.29) is 5.91 Å². The Morgan fingerprint density at radius 2 is 1.81 bits per heavy atom. The Labute approximate surface area is 132 Å². The van der Waals surface area contributed by atoms with Crippen molar-refractivity contribution in [1.29, 1.82) is 0 Å². The first-order valence-electron chi connectivity index (χ1n) is 6.65. The molecule has 2 heterocycles. The molecule has 1 amide bonds. The molecule has 1 saturated heterocycles. The van der Waals surface area contributed by atoms with Gasteiger partial charge in [-0.15, -0.1) is 0 Å². The van der Waals surface area contributed by atoms with Crippen molar-refractivity contribution >= 4 is 29.1 Å². The first-order valence-corrected chi connectivity index (χ1v) is 7.40. The molecule has 0 saturated carbocycles. The monoisotopic (exact) mass is 319 g/mol. The van der Waals surface area contributed by atoms with Crippen LogP contribution in [0, 0.1) is 0 Å². The average Bonchev–Trinajstić information content (AvgIpc) is 2.99. The third-order valence-electron chi connectivity index (χ3n) is 4.03. The number of hydrogen-bond acceptors (Lipinski definition) is 2. The van der Waals surface area contributed by atoms with E-state index in [2.05, 4.69) is 0 Å². The second kappa shape index (κ2) is 4.47. The van der Waals surface area contributed by atoms with Gasteiger partial charge in [-0.25, -0.2) is 0 Å². The number of carbonyl (C=O) groups excluding carboxylic acids is 1. The van der Waals surface area contributed by atoms with Crippen LogP contribution < -0.4 is 0 Å². The fraction of sp³-hybridized carbons (Fsp3) is 0.188. The molecule has 1 fully saturated rings. The van der Waals surface area contributed by atoms with Crippen LogP contribution in [0.3, 0.4) is 0 Å². The zero-order valence-electron chi connectivity index (χ0n) is 11.0. The molecule has 0 aliphatic carbocycles. The van der Waals surface area contributed by atoms with Gasteiger partial charge in [0.05, 0.1) is 6.61 Å². The smallest absolute Gasteiger partial charge is 0.257 e. The van der Waals surface area contributed by atoms with Crippen molar-refractivity contribution in [1.82, 2.24) is 4.90 Å². The minimum Gasteiger partial charge on any atom is -0.345 e. The second-order valence-electron chi connectivity index (χ2n) is 5.15. The third kappa shape index (κ3) is 1.68. The van der Waals surface area contributed by atoms with Gasteiger partial charge in [-0.2, -0.15) is 0 Å². The lowest BCUT2D eigenvalue weighted by molar-refractivity contribution is -0.0304. The molecule has 2 aliphatic heterocycles. The van der Waals surface area contributed by atoms with E-state index in [0.29, 0.717) is 28.8 Å². The summed E-state index contributed by atoms with van der Waals surface area (Å²) in [5, 5.41) is 1.05. The number of benzene rings is 2. The molecule has 2 aliphatic rings. The first-order chi connectivity index (χ1) is 10.1. The number of halogens is 2. The normalized spacial score (nSPS) is 23.3. The summed E-state index contributed by atoms with van der Waals surface area (Å²) in [6.07, 6.45) is 0. The maximum absolute atomic E-state index is 12.6. The Morgan fingerprint density at radius 3 is 2.57 bits per heavy atom. The predicted molar refractivity (Wildman–Crippen MR) is 80.7 cm³/mol. The third-order valence-corrected chi connectivity index (χ3v) is 4.46. The largest absolute Gasteiger partial charge is 0.345 e. The number of carbonyl (C=O) groups is 1. The summed E-state index contributed by atoms with van der Waals surface area (Å²) in [7, 11) is 0. The van der Waals surface area contributed by atoms with E-state index in [1.54, 1.807) is 23.1 Å². The minimum absolute atomic E-state index is 0.0146. The Bertz CT molecular complexity index is 741. The average molecular weight is 320 g/mol. The van der Waals surface area contributed by atoms with Gasteiger partial charge >= 0.3 is 0 Å². The van der Waals surface area contributed by atoms with Crippen molar-refractivity contribution in [3.8, 4) is 0 Å². The quantitative estimate of drug-likeness (QED) is 0.802. The summed E-state index contributed by atoms with van der Waals surface area (Å²) in [5.41, 5.74) is 1.41.